The first kappa shape index (κ1) is 15.8. The van der Waals surface area contributed by atoms with Crippen molar-refractivity contribution in [2.45, 2.75) is 45.1 Å². The van der Waals surface area contributed by atoms with Crippen molar-refractivity contribution in [1.29, 1.82) is 0 Å². The molecule has 5 heteroatoms. The zero-order valence-corrected chi connectivity index (χ0v) is 12.2. The van der Waals surface area contributed by atoms with Gasteiger partial charge in [-0.2, -0.15) is 0 Å². The van der Waals surface area contributed by atoms with Crippen molar-refractivity contribution in [3.8, 4) is 0 Å². The summed E-state index contributed by atoms with van der Waals surface area (Å²) >= 11 is 0. The van der Waals surface area contributed by atoms with Crippen molar-refractivity contribution in [2.24, 2.45) is 0 Å². The molecule has 0 radical (unpaired) electrons. The molecule has 1 fully saturated rings. The molecule has 19 heavy (non-hydrogen) atoms. The summed E-state index contributed by atoms with van der Waals surface area (Å²) in [5.74, 6) is 0.0319. The molecule has 2 N–H and O–H groups in total. The first-order valence-corrected chi connectivity index (χ1v) is 6.75. The molecule has 0 saturated heterocycles. The van der Waals surface area contributed by atoms with Crippen LogP contribution in [-0.2, 0) is 0 Å². The maximum Gasteiger partial charge on any atom is 0.272 e. The van der Waals surface area contributed by atoms with Gasteiger partial charge in [0.25, 0.3) is 5.91 Å². The van der Waals surface area contributed by atoms with Gasteiger partial charge >= 0.3 is 0 Å². The van der Waals surface area contributed by atoms with Gasteiger partial charge in [-0.3, -0.25) is 4.79 Å². The standard InChI is InChI=1S/C14H21N3O.ClH/c1-2-17(12-6-4-3-5-7-12)14(18)13-9-8-11(15)10-16-13;/h8-10,12H,2-7,15H2,1H3;1H. The average molecular weight is 284 g/mol. The summed E-state index contributed by atoms with van der Waals surface area (Å²) in [6, 6.07) is 3.83. The van der Waals surface area contributed by atoms with Crippen molar-refractivity contribution in [3.05, 3.63) is 24.0 Å². The fourth-order valence-corrected chi connectivity index (χ4v) is 2.64. The van der Waals surface area contributed by atoms with Gasteiger partial charge in [0.2, 0.25) is 0 Å². The molecule has 4 nitrogen and oxygen atoms in total. The Bertz CT molecular complexity index is 402. The molecule has 0 atom stereocenters. The molecule has 1 heterocycles. The Labute approximate surface area is 120 Å². The van der Waals surface area contributed by atoms with Gasteiger partial charge in [-0.25, -0.2) is 4.98 Å². The van der Waals surface area contributed by atoms with E-state index in [-0.39, 0.29) is 18.3 Å². The number of rotatable bonds is 3. The van der Waals surface area contributed by atoms with Crippen molar-refractivity contribution in [3.63, 3.8) is 0 Å². The lowest BCUT2D eigenvalue weighted by atomic mass is 9.94. The number of anilines is 1. The summed E-state index contributed by atoms with van der Waals surface area (Å²) in [6.45, 7) is 2.78. The lowest BCUT2D eigenvalue weighted by Gasteiger charge is -2.33. The van der Waals surface area contributed by atoms with E-state index in [1.807, 2.05) is 11.8 Å². The Morgan fingerprint density at radius 3 is 2.58 bits per heavy atom. The first-order valence-electron chi connectivity index (χ1n) is 6.75. The Hall–Kier alpha value is -1.29. The number of nitrogen functional groups attached to an aromatic ring is 1. The monoisotopic (exact) mass is 283 g/mol. The first-order chi connectivity index (χ1) is 8.72. The molecule has 1 aromatic heterocycles. The Morgan fingerprint density at radius 2 is 2.05 bits per heavy atom. The number of halogens is 1. The summed E-state index contributed by atoms with van der Waals surface area (Å²) in [5.41, 5.74) is 6.68. The van der Waals surface area contributed by atoms with Crippen molar-refractivity contribution < 1.29 is 4.79 Å². The van der Waals surface area contributed by atoms with Crippen molar-refractivity contribution in [1.82, 2.24) is 9.88 Å². The minimum Gasteiger partial charge on any atom is -0.397 e. The predicted octanol–water partition coefficient (Wildman–Crippen LogP) is 2.88. The van der Waals surface area contributed by atoms with Gasteiger partial charge in [0.1, 0.15) is 5.69 Å². The number of amides is 1. The summed E-state index contributed by atoms with van der Waals surface area (Å²) in [4.78, 5) is 18.5. The van der Waals surface area contributed by atoms with Gasteiger partial charge in [0.15, 0.2) is 0 Å². The second-order valence-electron chi connectivity index (χ2n) is 4.86. The lowest BCUT2D eigenvalue weighted by Crippen LogP contribution is -2.41. The van der Waals surface area contributed by atoms with Crippen LogP contribution in [0.25, 0.3) is 0 Å². The van der Waals surface area contributed by atoms with Gasteiger partial charge in [-0.05, 0) is 31.9 Å². The highest BCUT2D eigenvalue weighted by atomic mass is 35.5. The molecular weight excluding hydrogens is 262 g/mol. The summed E-state index contributed by atoms with van der Waals surface area (Å²) in [7, 11) is 0. The van der Waals surface area contributed by atoms with Gasteiger partial charge in [-0.15, -0.1) is 12.4 Å². The van der Waals surface area contributed by atoms with Gasteiger partial charge in [0, 0.05) is 12.6 Å². The normalized spacial score (nSPS) is 15.6. The molecule has 1 aliphatic carbocycles. The highest BCUT2D eigenvalue weighted by Gasteiger charge is 2.25. The van der Waals surface area contributed by atoms with Crippen LogP contribution in [-0.4, -0.2) is 28.4 Å². The highest BCUT2D eigenvalue weighted by molar-refractivity contribution is 5.92. The van der Waals surface area contributed by atoms with Crippen LogP contribution in [0.4, 0.5) is 5.69 Å². The number of aromatic nitrogens is 1. The van der Waals surface area contributed by atoms with Crippen LogP contribution in [0, 0.1) is 0 Å². The predicted molar refractivity (Wildman–Crippen MR) is 79.5 cm³/mol. The third-order valence-corrected chi connectivity index (χ3v) is 3.62. The molecule has 0 unspecified atom stereocenters. The fraction of sp³-hybridized carbons (Fsp3) is 0.571. The molecule has 106 valence electrons. The molecule has 0 spiro atoms. The zero-order valence-electron chi connectivity index (χ0n) is 11.3. The Balaban J connectivity index is 0.00000180. The van der Waals surface area contributed by atoms with E-state index in [4.69, 9.17) is 5.73 Å². The van der Waals surface area contributed by atoms with E-state index in [0.717, 1.165) is 19.4 Å². The van der Waals surface area contributed by atoms with Crippen LogP contribution in [0.15, 0.2) is 18.3 Å². The molecule has 1 amide bonds. The van der Waals surface area contributed by atoms with Crippen LogP contribution < -0.4 is 5.73 Å². The van der Waals surface area contributed by atoms with E-state index in [2.05, 4.69) is 4.98 Å². The molecule has 0 aliphatic heterocycles. The number of nitrogens with two attached hydrogens (primary N) is 1. The lowest BCUT2D eigenvalue weighted by molar-refractivity contribution is 0.0642. The molecule has 1 aliphatic rings. The zero-order chi connectivity index (χ0) is 13.0. The van der Waals surface area contributed by atoms with Crippen LogP contribution in [0.1, 0.15) is 49.5 Å². The largest absolute Gasteiger partial charge is 0.397 e. The van der Waals surface area contributed by atoms with Gasteiger partial charge in [0.05, 0.1) is 11.9 Å². The van der Waals surface area contributed by atoms with E-state index in [0.29, 0.717) is 17.4 Å². The number of carbonyl (C=O) groups excluding carboxylic acids is 1. The highest BCUT2D eigenvalue weighted by Crippen LogP contribution is 2.23. The van der Waals surface area contributed by atoms with E-state index in [9.17, 15) is 4.79 Å². The van der Waals surface area contributed by atoms with E-state index < -0.39 is 0 Å². The van der Waals surface area contributed by atoms with E-state index in [1.54, 1.807) is 18.3 Å². The average Bonchev–Trinajstić information content (AvgIpc) is 2.41. The Kier molecular flexibility index (Phi) is 6.09. The maximum atomic E-state index is 12.4. The third-order valence-electron chi connectivity index (χ3n) is 3.62. The number of pyridine rings is 1. The molecular formula is C14H22ClN3O. The number of hydrogen-bond acceptors (Lipinski definition) is 3. The molecule has 1 aromatic rings. The number of hydrogen-bond donors (Lipinski definition) is 1. The molecule has 0 bridgehead atoms. The third kappa shape index (κ3) is 3.83. The summed E-state index contributed by atoms with van der Waals surface area (Å²) in [6.07, 6.45) is 7.53. The van der Waals surface area contributed by atoms with Crippen LogP contribution in [0.3, 0.4) is 0 Å². The number of nitrogens with zero attached hydrogens (tertiary/aromatic N) is 2. The molecule has 1 saturated carbocycles. The fourth-order valence-electron chi connectivity index (χ4n) is 2.64. The summed E-state index contributed by atoms with van der Waals surface area (Å²) < 4.78 is 0. The Morgan fingerprint density at radius 1 is 1.37 bits per heavy atom. The van der Waals surface area contributed by atoms with Gasteiger partial charge in [-0.1, -0.05) is 19.3 Å². The number of carbonyl (C=O) groups is 1. The molecule has 0 aromatic carbocycles. The van der Waals surface area contributed by atoms with Crippen molar-refractivity contribution >= 4 is 24.0 Å². The maximum absolute atomic E-state index is 12.4. The second kappa shape index (κ2) is 7.34. The topological polar surface area (TPSA) is 59.2 Å². The molecule has 2 rings (SSSR count). The van der Waals surface area contributed by atoms with Crippen molar-refractivity contribution in [2.75, 3.05) is 12.3 Å². The summed E-state index contributed by atoms with van der Waals surface area (Å²) in [5, 5.41) is 0. The van der Waals surface area contributed by atoms with Crippen LogP contribution in [0.2, 0.25) is 0 Å². The van der Waals surface area contributed by atoms with E-state index >= 15 is 0 Å². The second-order valence-corrected chi connectivity index (χ2v) is 4.86. The van der Waals surface area contributed by atoms with Crippen LogP contribution in [0.5, 0.6) is 0 Å². The minimum atomic E-state index is 0. The smallest absolute Gasteiger partial charge is 0.272 e. The SMILES string of the molecule is CCN(C(=O)c1ccc(N)cn1)C1CCCCC1.Cl. The van der Waals surface area contributed by atoms with Crippen LogP contribution >= 0.6 is 12.4 Å². The minimum absolute atomic E-state index is 0. The van der Waals surface area contributed by atoms with Gasteiger partial charge < -0.3 is 10.6 Å². The van der Waals surface area contributed by atoms with E-state index in [1.165, 1.54) is 19.3 Å². The quantitative estimate of drug-likeness (QED) is 0.928.